The molecular formula is C25H23N3O5. The van der Waals surface area contributed by atoms with Gasteiger partial charge in [-0.3, -0.25) is 10.1 Å². The largest absolute Gasteiger partial charge is 0.493 e. The normalized spacial score (nSPS) is 10.5. The van der Waals surface area contributed by atoms with Crippen molar-refractivity contribution in [3.8, 4) is 28.7 Å². The van der Waals surface area contributed by atoms with Gasteiger partial charge >= 0.3 is 6.01 Å². The Balaban J connectivity index is 1.47. The topological polar surface area (TPSA) is 95.7 Å². The summed E-state index contributed by atoms with van der Waals surface area (Å²) in [5.41, 5.74) is 3.36. The minimum Gasteiger partial charge on any atom is -0.493 e. The molecule has 8 heteroatoms. The van der Waals surface area contributed by atoms with Gasteiger partial charge in [0.05, 0.1) is 21.3 Å². The number of nitrogens with zero attached hydrogens (tertiary/aromatic N) is 2. The van der Waals surface area contributed by atoms with Crippen LogP contribution in [0, 0.1) is 0 Å². The van der Waals surface area contributed by atoms with Crippen molar-refractivity contribution < 1.29 is 23.4 Å². The van der Waals surface area contributed by atoms with E-state index in [1.54, 1.807) is 24.3 Å². The van der Waals surface area contributed by atoms with Crippen molar-refractivity contribution >= 4 is 11.9 Å². The Bertz CT molecular complexity index is 1210. The highest BCUT2D eigenvalue weighted by atomic mass is 16.5. The zero-order chi connectivity index (χ0) is 23.2. The molecule has 0 saturated carbocycles. The Kier molecular flexibility index (Phi) is 6.54. The lowest BCUT2D eigenvalue weighted by Gasteiger charge is -2.12. The third-order valence-electron chi connectivity index (χ3n) is 5.02. The van der Waals surface area contributed by atoms with E-state index in [0.717, 1.165) is 12.0 Å². The maximum Gasteiger partial charge on any atom is 0.322 e. The first-order valence-corrected chi connectivity index (χ1v) is 10.2. The Morgan fingerprint density at radius 1 is 0.848 bits per heavy atom. The fourth-order valence-electron chi connectivity index (χ4n) is 3.37. The molecule has 0 aliphatic carbocycles. The van der Waals surface area contributed by atoms with Crippen LogP contribution in [0.2, 0.25) is 0 Å². The molecular weight excluding hydrogens is 422 g/mol. The summed E-state index contributed by atoms with van der Waals surface area (Å²) in [6.07, 6.45) is 0.796. The molecule has 0 fully saturated rings. The van der Waals surface area contributed by atoms with Crippen LogP contribution < -0.4 is 19.5 Å². The van der Waals surface area contributed by atoms with Crippen LogP contribution in [-0.2, 0) is 6.42 Å². The van der Waals surface area contributed by atoms with Crippen molar-refractivity contribution in [2.45, 2.75) is 6.42 Å². The Hall–Kier alpha value is -4.33. The molecule has 0 saturated heterocycles. The number of carbonyl (C=O) groups is 1. The fraction of sp³-hybridized carbons (Fsp3) is 0.160. The number of hydrogen-bond donors (Lipinski definition) is 1. The van der Waals surface area contributed by atoms with Crippen molar-refractivity contribution in [3.63, 3.8) is 0 Å². The van der Waals surface area contributed by atoms with E-state index in [1.165, 1.54) is 26.9 Å². The second kappa shape index (κ2) is 9.86. The van der Waals surface area contributed by atoms with Gasteiger partial charge in [0, 0.05) is 11.1 Å². The molecule has 1 N–H and O–H groups in total. The second-order valence-corrected chi connectivity index (χ2v) is 7.14. The summed E-state index contributed by atoms with van der Waals surface area (Å²) in [5.74, 6) is 1.20. The smallest absolute Gasteiger partial charge is 0.322 e. The molecule has 0 spiro atoms. The number of anilines is 1. The van der Waals surface area contributed by atoms with E-state index in [2.05, 4.69) is 27.6 Å². The Morgan fingerprint density at radius 3 is 2.09 bits per heavy atom. The van der Waals surface area contributed by atoms with Gasteiger partial charge in [-0.15, -0.1) is 5.10 Å². The van der Waals surface area contributed by atoms with Crippen LogP contribution in [0.25, 0.3) is 11.5 Å². The molecule has 0 radical (unpaired) electrons. The molecule has 4 aromatic rings. The van der Waals surface area contributed by atoms with E-state index in [4.69, 9.17) is 18.6 Å². The zero-order valence-corrected chi connectivity index (χ0v) is 18.5. The summed E-state index contributed by atoms with van der Waals surface area (Å²) in [7, 11) is 4.56. The molecule has 33 heavy (non-hydrogen) atoms. The van der Waals surface area contributed by atoms with Crippen molar-refractivity contribution in [1.82, 2.24) is 10.2 Å². The Labute approximate surface area is 191 Å². The first-order chi connectivity index (χ1) is 16.1. The highest BCUT2D eigenvalue weighted by Crippen LogP contribution is 2.41. The summed E-state index contributed by atoms with van der Waals surface area (Å²) in [6, 6.07) is 20.9. The molecule has 3 aromatic carbocycles. The van der Waals surface area contributed by atoms with Gasteiger partial charge in [0.2, 0.25) is 11.6 Å². The molecule has 4 rings (SSSR count). The average molecular weight is 445 g/mol. The molecule has 1 heterocycles. The van der Waals surface area contributed by atoms with E-state index in [0.29, 0.717) is 28.4 Å². The Morgan fingerprint density at radius 2 is 1.48 bits per heavy atom. The number of benzene rings is 3. The summed E-state index contributed by atoms with van der Waals surface area (Å²) >= 11 is 0. The number of methoxy groups -OCH3 is 3. The maximum absolute atomic E-state index is 12.6. The van der Waals surface area contributed by atoms with Gasteiger partial charge in [-0.2, -0.15) is 0 Å². The standard InChI is InChI=1S/C25H23N3O5/c1-30-20-14-19(15-21(31-2)22(20)32-3)24-27-28-25(33-24)26-23(29)18-11-9-17(10-12-18)13-16-7-5-4-6-8-16/h4-12,14-15H,13H2,1-3H3,(H,26,28,29). The van der Waals surface area contributed by atoms with Crippen molar-refractivity contribution in [2.24, 2.45) is 0 Å². The number of ether oxygens (including phenoxy) is 3. The maximum atomic E-state index is 12.6. The van der Waals surface area contributed by atoms with E-state index < -0.39 is 0 Å². The van der Waals surface area contributed by atoms with Gasteiger partial charge in [-0.1, -0.05) is 47.6 Å². The molecule has 0 aliphatic heterocycles. The van der Waals surface area contributed by atoms with Crippen LogP contribution in [0.15, 0.2) is 71.1 Å². The highest BCUT2D eigenvalue weighted by Gasteiger charge is 2.18. The van der Waals surface area contributed by atoms with E-state index >= 15 is 0 Å². The second-order valence-electron chi connectivity index (χ2n) is 7.14. The monoisotopic (exact) mass is 445 g/mol. The summed E-state index contributed by atoms with van der Waals surface area (Å²) in [6.45, 7) is 0. The number of carbonyl (C=O) groups excluding carboxylic acids is 1. The van der Waals surface area contributed by atoms with Gasteiger partial charge in [-0.05, 0) is 41.8 Å². The molecule has 0 unspecified atom stereocenters. The number of aromatic nitrogens is 2. The lowest BCUT2D eigenvalue weighted by atomic mass is 10.0. The molecule has 8 nitrogen and oxygen atoms in total. The predicted molar refractivity (Wildman–Crippen MR) is 123 cm³/mol. The summed E-state index contributed by atoms with van der Waals surface area (Å²) in [5, 5.41) is 10.6. The van der Waals surface area contributed by atoms with E-state index in [9.17, 15) is 4.79 Å². The van der Waals surface area contributed by atoms with Gasteiger partial charge in [0.15, 0.2) is 11.5 Å². The molecule has 1 aromatic heterocycles. The van der Waals surface area contributed by atoms with Gasteiger partial charge in [0.1, 0.15) is 0 Å². The van der Waals surface area contributed by atoms with Crippen LogP contribution >= 0.6 is 0 Å². The van der Waals surface area contributed by atoms with Crippen molar-refractivity contribution in [3.05, 3.63) is 83.4 Å². The fourth-order valence-corrected chi connectivity index (χ4v) is 3.37. The number of nitrogens with one attached hydrogen (secondary N) is 1. The van der Waals surface area contributed by atoms with Crippen LogP contribution in [0.1, 0.15) is 21.5 Å². The lowest BCUT2D eigenvalue weighted by Crippen LogP contribution is -2.12. The van der Waals surface area contributed by atoms with E-state index in [1.807, 2.05) is 30.3 Å². The molecule has 0 atom stereocenters. The number of hydrogen-bond acceptors (Lipinski definition) is 7. The van der Waals surface area contributed by atoms with Gasteiger partial charge < -0.3 is 18.6 Å². The van der Waals surface area contributed by atoms with Crippen molar-refractivity contribution in [1.29, 1.82) is 0 Å². The third kappa shape index (κ3) is 4.95. The molecule has 168 valence electrons. The first kappa shape index (κ1) is 21.9. The minimum absolute atomic E-state index is 0.0166. The van der Waals surface area contributed by atoms with Crippen LogP contribution in [0.3, 0.4) is 0 Å². The zero-order valence-electron chi connectivity index (χ0n) is 18.5. The number of amides is 1. The molecule has 1 amide bonds. The highest BCUT2D eigenvalue weighted by molar-refractivity contribution is 6.03. The average Bonchev–Trinajstić information content (AvgIpc) is 3.32. The SMILES string of the molecule is COc1cc(-c2nnc(NC(=O)c3ccc(Cc4ccccc4)cc3)o2)cc(OC)c1OC. The third-order valence-corrected chi connectivity index (χ3v) is 5.02. The van der Waals surface area contributed by atoms with Crippen LogP contribution in [-0.4, -0.2) is 37.4 Å². The first-order valence-electron chi connectivity index (χ1n) is 10.2. The quantitative estimate of drug-likeness (QED) is 0.423. The lowest BCUT2D eigenvalue weighted by molar-refractivity contribution is 0.102. The summed E-state index contributed by atoms with van der Waals surface area (Å²) < 4.78 is 21.7. The van der Waals surface area contributed by atoms with Gasteiger partial charge in [-0.25, -0.2) is 0 Å². The predicted octanol–water partition coefficient (Wildman–Crippen LogP) is 4.61. The minimum atomic E-state index is -0.346. The molecule has 0 bridgehead atoms. The summed E-state index contributed by atoms with van der Waals surface area (Å²) in [4.78, 5) is 12.6. The van der Waals surface area contributed by atoms with Crippen molar-refractivity contribution in [2.75, 3.05) is 26.6 Å². The number of rotatable bonds is 8. The van der Waals surface area contributed by atoms with Crippen LogP contribution in [0.4, 0.5) is 6.01 Å². The van der Waals surface area contributed by atoms with E-state index in [-0.39, 0.29) is 17.8 Å². The van der Waals surface area contributed by atoms with Crippen LogP contribution in [0.5, 0.6) is 17.2 Å². The van der Waals surface area contributed by atoms with Gasteiger partial charge in [0.25, 0.3) is 5.91 Å². The molecule has 0 aliphatic rings.